The molecule has 1 heterocycles. The number of amides is 3. The van der Waals surface area contributed by atoms with Crippen molar-refractivity contribution in [2.24, 2.45) is 0 Å². The third-order valence-electron chi connectivity index (χ3n) is 3.94. The SMILES string of the molecule is O=C(NCCNC(=O)c1ccccc1)Nc1cccc(CSc2ccccn2)c1. The van der Waals surface area contributed by atoms with E-state index in [4.69, 9.17) is 0 Å². The Kier molecular flexibility index (Phi) is 7.65. The van der Waals surface area contributed by atoms with Crippen LogP contribution in [-0.2, 0) is 5.75 Å². The van der Waals surface area contributed by atoms with Crippen molar-refractivity contribution in [3.63, 3.8) is 0 Å². The lowest BCUT2D eigenvalue weighted by Gasteiger charge is -2.10. The molecule has 0 aliphatic heterocycles. The number of carbonyl (C=O) groups excluding carboxylic acids is 2. The fourth-order valence-electron chi connectivity index (χ4n) is 2.55. The van der Waals surface area contributed by atoms with E-state index in [9.17, 15) is 9.59 Å². The standard InChI is InChI=1S/C22H22N4O2S/c27-21(18-8-2-1-3-9-18)24-13-14-25-22(28)26-19-10-6-7-17(15-19)16-29-20-11-4-5-12-23-20/h1-12,15H,13-14,16H2,(H,24,27)(H2,25,26,28). The van der Waals surface area contributed by atoms with Crippen LogP contribution in [0.4, 0.5) is 10.5 Å². The van der Waals surface area contributed by atoms with Gasteiger partial charge in [-0.15, -0.1) is 11.8 Å². The molecule has 2 aromatic carbocycles. The number of nitrogens with one attached hydrogen (secondary N) is 3. The molecule has 0 bridgehead atoms. The summed E-state index contributed by atoms with van der Waals surface area (Å²) in [7, 11) is 0. The van der Waals surface area contributed by atoms with E-state index >= 15 is 0 Å². The van der Waals surface area contributed by atoms with Gasteiger partial charge in [-0.25, -0.2) is 9.78 Å². The van der Waals surface area contributed by atoms with Gasteiger partial charge in [0.25, 0.3) is 5.91 Å². The number of thioether (sulfide) groups is 1. The van der Waals surface area contributed by atoms with E-state index in [0.717, 1.165) is 22.0 Å². The highest BCUT2D eigenvalue weighted by Crippen LogP contribution is 2.22. The highest BCUT2D eigenvalue weighted by atomic mass is 32.2. The molecule has 0 radical (unpaired) electrons. The summed E-state index contributed by atoms with van der Waals surface area (Å²) in [6, 6.07) is 22.2. The maximum atomic E-state index is 12.1. The molecule has 0 aliphatic carbocycles. The number of hydrogen-bond donors (Lipinski definition) is 3. The molecule has 29 heavy (non-hydrogen) atoms. The third-order valence-corrected chi connectivity index (χ3v) is 4.96. The van der Waals surface area contributed by atoms with Gasteiger partial charge in [0.05, 0.1) is 5.03 Å². The topological polar surface area (TPSA) is 83.1 Å². The van der Waals surface area contributed by atoms with Crippen LogP contribution in [0.3, 0.4) is 0 Å². The molecule has 0 spiro atoms. The smallest absolute Gasteiger partial charge is 0.319 e. The third kappa shape index (κ3) is 6.97. The number of nitrogens with zero attached hydrogens (tertiary/aromatic N) is 1. The molecular formula is C22H22N4O2S. The maximum Gasteiger partial charge on any atom is 0.319 e. The van der Waals surface area contributed by atoms with Gasteiger partial charge >= 0.3 is 6.03 Å². The molecule has 3 aromatic rings. The first-order chi connectivity index (χ1) is 14.2. The molecule has 6 nitrogen and oxygen atoms in total. The lowest BCUT2D eigenvalue weighted by molar-refractivity contribution is 0.0954. The van der Waals surface area contributed by atoms with Crippen LogP contribution in [0.2, 0.25) is 0 Å². The quantitative estimate of drug-likeness (QED) is 0.391. The lowest BCUT2D eigenvalue weighted by atomic mass is 10.2. The van der Waals surface area contributed by atoms with Gasteiger partial charge in [0.2, 0.25) is 0 Å². The van der Waals surface area contributed by atoms with E-state index in [-0.39, 0.29) is 11.9 Å². The Morgan fingerprint density at radius 3 is 2.45 bits per heavy atom. The van der Waals surface area contributed by atoms with Crippen molar-refractivity contribution in [3.05, 3.63) is 90.1 Å². The molecule has 0 atom stereocenters. The zero-order valence-corrected chi connectivity index (χ0v) is 16.6. The Morgan fingerprint density at radius 1 is 0.862 bits per heavy atom. The summed E-state index contributed by atoms with van der Waals surface area (Å²) >= 11 is 1.64. The molecule has 0 aliphatic rings. The van der Waals surface area contributed by atoms with E-state index in [0.29, 0.717) is 18.7 Å². The lowest BCUT2D eigenvalue weighted by Crippen LogP contribution is -2.36. The Hall–Kier alpha value is -3.32. The van der Waals surface area contributed by atoms with Gasteiger partial charge in [0.15, 0.2) is 0 Å². The molecule has 3 N–H and O–H groups in total. The van der Waals surface area contributed by atoms with Crippen LogP contribution in [0.25, 0.3) is 0 Å². The van der Waals surface area contributed by atoms with Gasteiger partial charge in [0, 0.05) is 36.3 Å². The van der Waals surface area contributed by atoms with Crippen LogP contribution >= 0.6 is 11.8 Å². The van der Waals surface area contributed by atoms with Crippen LogP contribution in [0.5, 0.6) is 0 Å². The van der Waals surface area contributed by atoms with Gasteiger partial charge in [-0.1, -0.05) is 36.4 Å². The first-order valence-electron chi connectivity index (χ1n) is 9.21. The van der Waals surface area contributed by atoms with Crippen molar-refractivity contribution in [2.75, 3.05) is 18.4 Å². The minimum Gasteiger partial charge on any atom is -0.350 e. The summed E-state index contributed by atoms with van der Waals surface area (Å²) < 4.78 is 0. The van der Waals surface area contributed by atoms with Gasteiger partial charge in [0.1, 0.15) is 0 Å². The second-order valence-electron chi connectivity index (χ2n) is 6.16. The van der Waals surface area contributed by atoms with Crippen molar-refractivity contribution in [1.29, 1.82) is 0 Å². The number of hydrogen-bond acceptors (Lipinski definition) is 4. The van der Waals surface area contributed by atoms with Crippen LogP contribution in [0, 0.1) is 0 Å². The molecule has 0 saturated carbocycles. The normalized spacial score (nSPS) is 10.2. The van der Waals surface area contributed by atoms with E-state index in [1.807, 2.05) is 60.7 Å². The first kappa shape index (κ1) is 20.4. The molecule has 0 saturated heterocycles. The average molecular weight is 407 g/mol. The summed E-state index contributed by atoms with van der Waals surface area (Å²) in [6.45, 7) is 0.682. The number of aromatic nitrogens is 1. The van der Waals surface area contributed by atoms with Gasteiger partial charge < -0.3 is 16.0 Å². The first-order valence-corrected chi connectivity index (χ1v) is 10.2. The van der Waals surface area contributed by atoms with Crippen LogP contribution in [0.1, 0.15) is 15.9 Å². The van der Waals surface area contributed by atoms with Crippen LogP contribution < -0.4 is 16.0 Å². The number of urea groups is 1. The number of carbonyl (C=O) groups is 2. The van der Waals surface area contributed by atoms with Crippen molar-refractivity contribution < 1.29 is 9.59 Å². The monoisotopic (exact) mass is 406 g/mol. The van der Waals surface area contributed by atoms with Crippen molar-refractivity contribution in [3.8, 4) is 0 Å². The zero-order chi connectivity index (χ0) is 20.3. The summed E-state index contributed by atoms with van der Waals surface area (Å²) in [6.07, 6.45) is 1.77. The fourth-order valence-corrected chi connectivity index (χ4v) is 3.35. The number of rotatable bonds is 8. The van der Waals surface area contributed by atoms with Crippen LogP contribution in [-0.4, -0.2) is 30.0 Å². The predicted molar refractivity (Wildman–Crippen MR) is 116 cm³/mol. The van der Waals surface area contributed by atoms with E-state index < -0.39 is 0 Å². The Bertz CT molecular complexity index is 936. The summed E-state index contributed by atoms with van der Waals surface area (Å²) in [5.74, 6) is 0.602. The summed E-state index contributed by atoms with van der Waals surface area (Å²) in [5, 5.41) is 9.28. The molecular weight excluding hydrogens is 384 g/mol. The summed E-state index contributed by atoms with van der Waals surface area (Å²) in [5.41, 5.74) is 2.40. The van der Waals surface area contributed by atoms with Crippen molar-refractivity contribution >= 4 is 29.4 Å². The molecule has 0 fully saturated rings. The molecule has 1 aromatic heterocycles. The molecule has 3 rings (SSSR count). The maximum absolute atomic E-state index is 12.1. The van der Waals surface area contributed by atoms with Gasteiger partial charge in [-0.05, 0) is 42.0 Å². The number of pyridine rings is 1. The minimum absolute atomic E-state index is 0.161. The van der Waals surface area contributed by atoms with E-state index in [1.165, 1.54) is 0 Å². The fraction of sp³-hybridized carbons (Fsp3) is 0.136. The highest BCUT2D eigenvalue weighted by Gasteiger charge is 2.05. The summed E-state index contributed by atoms with van der Waals surface area (Å²) in [4.78, 5) is 28.3. The van der Waals surface area contributed by atoms with Gasteiger partial charge in [-0.2, -0.15) is 0 Å². The van der Waals surface area contributed by atoms with E-state index in [1.54, 1.807) is 30.1 Å². The molecule has 7 heteroatoms. The molecule has 0 unspecified atom stereocenters. The zero-order valence-electron chi connectivity index (χ0n) is 15.8. The highest BCUT2D eigenvalue weighted by molar-refractivity contribution is 7.98. The van der Waals surface area contributed by atoms with E-state index in [2.05, 4.69) is 20.9 Å². The average Bonchev–Trinajstić information content (AvgIpc) is 2.77. The van der Waals surface area contributed by atoms with Gasteiger partial charge in [-0.3, -0.25) is 4.79 Å². The Morgan fingerprint density at radius 2 is 1.66 bits per heavy atom. The van der Waals surface area contributed by atoms with Crippen molar-refractivity contribution in [1.82, 2.24) is 15.6 Å². The second kappa shape index (κ2) is 10.9. The molecule has 3 amide bonds. The minimum atomic E-state index is -0.312. The Balaban J connectivity index is 1.39. The predicted octanol–water partition coefficient (Wildman–Crippen LogP) is 3.93. The Labute approximate surface area is 174 Å². The van der Waals surface area contributed by atoms with Crippen LogP contribution in [0.15, 0.2) is 84.0 Å². The second-order valence-corrected chi connectivity index (χ2v) is 7.16. The molecule has 148 valence electrons. The number of benzene rings is 2. The number of anilines is 1. The largest absolute Gasteiger partial charge is 0.350 e. The van der Waals surface area contributed by atoms with Crippen molar-refractivity contribution in [2.45, 2.75) is 10.8 Å².